The van der Waals surface area contributed by atoms with E-state index in [9.17, 15) is 0 Å². The Morgan fingerprint density at radius 1 is 1.36 bits per heavy atom. The molecule has 0 aliphatic carbocycles. The Bertz CT molecular complexity index is 279. The summed E-state index contributed by atoms with van der Waals surface area (Å²) in [6.45, 7) is 2.00. The van der Waals surface area contributed by atoms with Crippen LogP contribution in [0.15, 0.2) is 33.7 Å². The Balaban J connectivity index is 3.14. The lowest BCUT2D eigenvalue weighted by atomic mass is 10.1. The van der Waals surface area contributed by atoms with Gasteiger partial charge in [0.05, 0.1) is 0 Å². The van der Waals surface area contributed by atoms with Gasteiger partial charge < -0.3 is 0 Å². The summed E-state index contributed by atoms with van der Waals surface area (Å²) in [7, 11) is 1.80. The highest BCUT2D eigenvalue weighted by molar-refractivity contribution is 9.10. The van der Waals surface area contributed by atoms with Crippen molar-refractivity contribution in [2.45, 2.75) is 6.92 Å². The van der Waals surface area contributed by atoms with Crippen LogP contribution in [0.5, 0.6) is 0 Å². The van der Waals surface area contributed by atoms with Gasteiger partial charge in [-0.2, -0.15) is 0 Å². The molecule has 0 heterocycles. The summed E-state index contributed by atoms with van der Waals surface area (Å²) in [5.41, 5.74) is 2.22. The molecule has 0 radical (unpaired) electrons. The second-order valence-corrected chi connectivity index (χ2v) is 3.14. The normalized spacial score (nSPS) is 11.7. The van der Waals surface area contributed by atoms with Crippen LogP contribution in [0.2, 0.25) is 0 Å². The maximum absolute atomic E-state index is 4.11. The van der Waals surface area contributed by atoms with Gasteiger partial charge in [0.25, 0.3) is 0 Å². The minimum atomic E-state index is 1.05. The highest BCUT2D eigenvalue weighted by Gasteiger charge is 1.99. The quantitative estimate of drug-likeness (QED) is 0.634. The van der Waals surface area contributed by atoms with Crippen LogP contribution in [0.3, 0.4) is 0 Å². The first-order valence-corrected chi connectivity index (χ1v) is 4.23. The van der Waals surface area contributed by atoms with E-state index >= 15 is 0 Å². The van der Waals surface area contributed by atoms with E-state index in [1.165, 1.54) is 0 Å². The fourth-order valence-corrected chi connectivity index (χ4v) is 1.45. The molecule has 0 bridgehead atoms. The molecule has 1 aromatic carbocycles. The van der Waals surface area contributed by atoms with Crippen molar-refractivity contribution in [3.8, 4) is 0 Å². The standard InChI is InChI=1S/C9H10BrN/c1-7(11-2)8-5-3-4-6-9(8)10/h3-6H,1-2H3/b11-7+. The molecule has 0 aromatic heterocycles. The average Bonchev–Trinajstić information content (AvgIpc) is 2.04. The molecule has 0 N–H and O–H groups in total. The molecule has 1 nitrogen and oxygen atoms in total. The summed E-state index contributed by atoms with van der Waals surface area (Å²) < 4.78 is 1.10. The summed E-state index contributed by atoms with van der Waals surface area (Å²) in [4.78, 5) is 4.11. The third-order valence-electron chi connectivity index (χ3n) is 1.60. The predicted octanol–water partition coefficient (Wildman–Crippen LogP) is 2.89. The van der Waals surface area contributed by atoms with Crippen LogP contribution in [0, 0.1) is 0 Å². The molecule has 58 valence electrons. The van der Waals surface area contributed by atoms with Crippen LogP contribution in [-0.4, -0.2) is 12.8 Å². The zero-order chi connectivity index (χ0) is 8.27. The Hall–Kier alpha value is -0.630. The third-order valence-corrected chi connectivity index (χ3v) is 2.29. The minimum Gasteiger partial charge on any atom is -0.293 e. The molecule has 0 amide bonds. The molecule has 0 unspecified atom stereocenters. The molecule has 1 aromatic rings. The first-order valence-electron chi connectivity index (χ1n) is 3.44. The van der Waals surface area contributed by atoms with Crippen LogP contribution >= 0.6 is 15.9 Å². The Labute approximate surface area is 75.3 Å². The van der Waals surface area contributed by atoms with Gasteiger partial charge in [0.2, 0.25) is 0 Å². The third kappa shape index (κ3) is 1.90. The predicted molar refractivity (Wildman–Crippen MR) is 52.3 cm³/mol. The van der Waals surface area contributed by atoms with E-state index in [0.29, 0.717) is 0 Å². The van der Waals surface area contributed by atoms with Crippen LogP contribution < -0.4 is 0 Å². The van der Waals surface area contributed by atoms with Crippen molar-refractivity contribution in [1.82, 2.24) is 0 Å². The number of hydrogen-bond donors (Lipinski definition) is 0. The minimum absolute atomic E-state index is 1.05. The van der Waals surface area contributed by atoms with Crippen LogP contribution in [0.25, 0.3) is 0 Å². The van der Waals surface area contributed by atoms with E-state index in [2.05, 4.69) is 20.9 Å². The van der Waals surface area contributed by atoms with Crippen molar-refractivity contribution < 1.29 is 0 Å². The molecule has 0 saturated carbocycles. The van der Waals surface area contributed by atoms with Gasteiger partial charge in [-0.3, -0.25) is 4.99 Å². The van der Waals surface area contributed by atoms with Gasteiger partial charge in [-0.25, -0.2) is 0 Å². The lowest BCUT2D eigenvalue weighted by molar-refractivity contribution is 1.40. The maximum Gasteiger partial charge on any atom is 0.0397 e. The molecule has 0 aliphatic rings. The Kier molecular flexibility index (Phi) is 2.83. The SMILES string of the molecule is C/N=C(\C)c1ccccc1Br. The number of halogens is 1. The second kappa shape index (κ2) is 3.67. The van der Waals surface area contributed by atoms with Gasteiger partial charge in [0, 0.05) is 22.8 Å². The molecule has 0 saturated heterocycles. The highest BCUT2D eigenvalue weighted by atomic mass is 79.9. The zero-order valence-electron chi connectivity index (χ0n) is 6.63. The number of benzene rings is 1. The molecule has 0 fully saturated rings. The number of aliphatic imine (C=N–C) groups is 1. The molecular weight excluding hydrogens is 202 g/mol. The van der Waals surface area contributed by atoms with Gasteiger partial charge in [-0.05, 0) is 13.0 Å². The van der Waals surface area contributed by atoms with Crippen LogP contribution in [0.1, 0.15) is 12.5 Å². The zero-order valence-corrected chi connectivity index (χ0v) is 8.22. The van der Waals surface area contributed by atoms with Gasteiger partial charge in [-0.1, -0.05) is 34.1 Å². The number of hydrogen-bond acceptors (Lipinski definition) is 1. The van der Waals surface area contributed by atoms with Crippen molar-refractivity contribution in [1.29, 1.82) is 0 Å². The molecule has 0 atom stereocenters. The van der Waals surface area contributed by atoms with E-state index in [1.807, 2.05) is 31.2 Å². The number of rotatable bonds is 1. The smallest absolute Gasteiger partial charge is 0.0397 e. The summed E-state index contributed by atoms with van der Waals surface area (Å²) in [5, 5.41) is 0. The van der Waals surface area contributed by atoms with Crippen molar-refractivity contribution in [2.75, 3.05) is 7.05 Å². The maximum atomic E-state index is 4.11. The Morgan fingerprint density at radius 3 is 2.55 bits per heavy atom. The average molecular weight is 212 g/mol. The van der Waals surface area contributed by atoms with Crippen LogP contribution in [0.4, 0.5) is 0 Å². The summed E-state index contributed by atoms with van der Waals surface area (Å²) >= 11 is 3.46. The molecule has 1 rings (SSSR count). The largest absolute Gasteiger partial charge is 0.293 e. The van der Waals surface area contributed by atoms with Gasteiger partial charge in [0.1, 0.15) is 0 Å². The molecule has 0 aliphatic heterocycles. The van der Waals surface area contributed by atoms with E-state index < -0.39 is 0 Å². The first-order chi connectivity index (χ1) is 5.25. The lowest BCUT2D eigenvalue weighted by Gasteiger charge is -2.00. The highest BCUT2D eigenvalue weighted by Crippen LogP contribution is 2.16. The van der Waals surface area contributed by atoms with Gasteiger partial charge in [-0.15, -0.1) is 0 Å². The fourth-order valence-electron chi connectivity index (χ4n) is 0.875. The molecule has 11 heavy (non-hydrogen) atoms. The molecule has 0 spiro atoms. The lowest BCUT2D eigenvalue weighted by Crippen LogP contribution is -1.94. The summed E-state index contributed by atoms with van der Waals surface area (Å²) in [6.07, 6.45) is 0. The van der Waals surface area contributed by atoms with E-state index in [1.54, 1.807) is 7.05 Å². The van der Waals surface area contributed by atoms with E-state index in [0.717, 1.165) is 15.7 Å². The first kappa shape index (κ1) is 8.47. The summed E-state index contributed by atoms with van der Waals surface area (Å²) in [6, 6.07) is 8.07. The summed E-state index contributed by atoms with van der Waals surface area (Å²) in [5.74, 6) is 0. The van der Waals surface area contributed by atoms with E-state index in [-0.39, 0.29) is 0 Å². The fraction of sp³-hybridized carbons (Fsp3) is 0.222. The van der Waals surface area contributed by atoms with Crippen molar-refractivity contribution in [3.05, 3.63) is 34.3 Å². The van der Waals surface area contributed by atoms with Crippen molar-refractivity contribution >= 4 is 21.6 Å². The van der Waals surface area contributed by atoms with Crippen LogP contribution in [-0.2, 0) is 0 Å². The van der Waals surface area contributed by atoms with Crippen molar-refractivity contribution in [2.24, 2.45) is 4.99 Å². The monoisotopic (exact) mass is 211 g/mol. The molecule has 2 heteroatoms. The topological polar surface area (TPSA) is 12.4 Å². The Morgan fingerprint density at radius 2 is 2.00 bits per heavy atom. The van der Waals surface area contributed by atoms with Gasteiger partial charge in [0.15, 0.2) is 0 Å². The van der Waals surface area contributed by atoms with Gasteiger partial charge >= 0.3 is 0 Å². The number of nitrogens with zero attached hydrogens (tertiary/aromatic N) is 1. The second-order valence-electron chi connectivity index (χ2n) is 2.29. The van der Waals surface area contributed by atoms with E-state index in [4.69, 9.17) is 0 Å². The van der Waals surface area contributed by atoms with Crippen molar-refractivity contribution in [3.63, 3.8) is 0 Å². The molecular formula is C9H10BrN.